The van der Waals surface area contributed by atoms with Gasteiger partial charge in [0.15, 0.2) is 0 Å². The molecule has 3 aromatic carbocycles. The lowest BCUT2D eigenvalue weighted by atomic mass is 9.84. The standard InChI is InChI=1S/C28H29N5O/c1-18-14-21(16-24(15-18)33-29-26-8-6-7-9-27(26)30-33)19(2)25-17-28(34)32(20(25)3)23-12-10-22(11-13-23)31(4)5/h6-16,19,25H,3,17H2,1-2,4-5H3. The van der Waals surface area contributed by atoms with Gasteiger partial charge in [-0.2, -0.15) is 4.80 Å². The Morgan fingerprint density at radius 1 is 0.971 bits per heavy atom. The number of hydrogen-bond donors (Lipinski definition) is 0. The van der Waals surface area contributed by atoms with Gasteiger partial charge >= 0.3 is 0 Å². The maximum absolute atomic E-state index is 13.0. The van der Waals surface area contributed by atoms with E-state index in [0.29, 0.717) is 6.42 Å². The molecule has 1 aliphatic heterocycles. The molecule has 172 valence electrons. The Hall–Kier alpha value is -3.93. The van der Waals surface area contributed by atoms with Crippen molar-refractivity contribution in [3.63, 3.8) is 0 Å². The van der Waals surface area contributed by atoms with Gasteiger partial charge in [-0.3, -0.25) is 9.69 Å². The minimum Gasteiger partial charge on any atom is -0.378 e. The number of nitrogens with zero attached hydrogens (tertiary/aromatic N) is 5. The maximum Gasteiger partial charge on any atom is 0.231 e. The van der Waals surface area contributed by atoms with E-state index in [1.807, 2.05) is 67.5 Å². The van der Waals surface area contributed by atoms with E-state index in [1.165, 1.54) is 0 Å². The van der Waals surface area contributed by atoms with Gasteiger partial charge in [0.2, 0.25) is 5.91 Å². The second kappa shape index (κ2) is 8.45. The highest BCUT2D eigenvalue weighted by molar-refractivity contribution is 6.00. The van der Waals surface area contributed by atoms with Gasteiger partial charge in [-0.05, 0) is 72.5 Å². The van der Waals surface area contributed by atoms with Gasteiger partial charge in [0.1, 0.15) is 11.0 Å². The van der Waals surface area contributed by atoms with Crippen molar-refractivity contribution in [3.8, 4) is 5.69 Å². The molecule has 6 heteroatoms. The van der Waals surface area contributed by atoms with Gasteiger partial charge in [-0.25, -0.2) is 0 Å². The summed E-state index contributed by atoms with van der Waals surface area (Å²) in [6.45, 7) is 8.60. The fourth-order valence-corrected chi connectivity index (χ4v) is 4.78. The third-order valence-corrected chi connectivity index (χ3v) is 6.71. The summed E-state index contributed by atoms with van der Waals surface area (Å²) < 4.78 is 0. The van der Waals surface area contributed by atoms with Gasteiger partial charge in [0.05, 0.1) is 5.69 Å². The van der Waals surface area contributed by atoms with E-state index in [0.717, 1.165) is 44.9 Å². The molecule has 2 unspecified atom stereocenters. The minimum absolute atomic E-state index is 0.0281. The Bertz CT molecular complexity index is 1350. The molecule has 4 aromatic rings. The van der Waals surface area contributed by atoms with Crippen LogP contribution in [0.4, 0.5) is 11.4 Å². The average molecular weight is 452 g/mol. The summed E-state index contributed by atoms with van der Waals surface area (Å²) in [7, 11) is 4.01. The van der Waals surface area contributed by atoms with Crippen LogP contribution in [0.5, 0.6) is 0 Å². The number of aryl methyl sites for hydroxylation is 1. The first-order valence-corrected chi connectivity index (χ1v) is 11.5. The number of carbonyl (C=O) groups excluding carboxylic acids is 1. The van der Waals surface area contributed by atoms with Gasteiger partial charge < -0.3 is 4.90 Å². The van der Waals surface area contributed by atoms with Crippen molar-refractivity contribution in [1.82, 2.24) is 15.0 Å². The molecule has 0 bridgehead atoms. The van der Waals surface area contributed by atoms with Crippen LogP contribution in [0.3, 0.4) is 0 Å². The van der Waals surface area contributed by atoms with Gasteiger partial charge in [-0.15, -0.1) is 10.2 Å². The zero-order valence-corrected chi connectivity index (χ0v) is 20.1. The molecule has 0 saturated carbocycles. The molecule has 1 amide bonds. The van der Waals surface area contributed by atoms with Crippen molar-refractivity contribution in [2.75, 3.05) is 23.9 Å². The Morgan fingerprint density at radius 2 is 1.62 bits per heavy atom. The third kappa shape index (κ3) is 3.85. The summed E-state index contributed by atoms with van der Waals surface area (Å²) >= 11 is 0. The molecular weight excluding hydrogens is 422 g/mol. The quantitative estimate of drug-likeness (QED) is 0.404. The monoisotopic (exact) mass is 451 g/mol. The largest absolute Gasteiger partial charge is 0.378 e. The first-order valence-electron chi connectivity index (χ1n) is 11.5. The highest BCUT2D eigenvalue weighted by atomic mass is 16.2. The number of anilines is 2. The van der Waals surface area contributed by atoms with Crippen LogP contribution in [-0.4, -0.2) is 35.0 Å². The second-order valence-electron chi connectivity index (χ2n) is 9.31. The number of rotatable bonds is 5. The number of hydrogen-bond acceptors (Lipinski definition) is 4. The van der Waals surface area contributed by atoms with Crippen molar-refractivity contribution in [2.24, 2.45) is 5.92 Å². The fraction of sp³-hybridized carbons (Fsp3) is 0.250. The lowest BCUT2D eigenvalue weighted by molar-refractivity contribution is -0.117. The highest BCUT2D eigenvalue weighted by Gasteiger charge is 2.38. The van der Waals surface area contributed by atoms with Crippen LogP contribution < -0.4 is 9.80 Å². The van der Waals surface area contributed by atoms with Crippen molar-refractivity contribution in [1.29, 1.82) is 0 Å². The molecular formula is C28H29N5O. The SMILES string of the molecule is C=C1C(C(C)c2cc(C)cc(-n3nc4ccccc4n3)c2)CC(=O)N1c1ccc(N(C)C)cc1. The lowest BCUT2D eigenvalue weighted by Gasteiger charge is -2.24. The Balaban J connectivity index is 1.43. The predicted octanol–water partition coefficient (Wildman–Crippen LogP) is 5.47. The molecule has 2 atom stereocenters. The first kappa shape index (κ1) is 21.9. The van der Waals surface area contributed by atoms with Crippen molar-refractivity contribution >= 4 is 28.3 Å². The van der Waals surface area contributed by atoms with E-state index < -0.39 is 0 Å². The lowest BCUT2D eigenvalue weighted by Crippen LogP contribution is -2.22. The molecule has 6 nitrogen and oxygen atoms in total. The molecule has 34 heavy (non-hydrogen) atoms. The predicted molar refractivity (Wildman–Crippen MR) is 138 cm³/mol. The topological polar surface area (TPSA) is 54.3 Å². The van der Waals surface area contributed by atoms with Crippen LogP contribution in [0.15, 0.2) is 79.0 Å². The summed E-state index contributed by atoms with van der Waals surface area (Å²) in [4.78, 5) is 18.6. The number of carbonyl (C=O) groups is 1. The zero-order chi connectivity index (χ0) is 24.0. The van der Waals surface area contributed by atoms with Crippen LogP contribution in [0.2, 0.25) is 0 Å². The number of allylic oxidation sites excluding steroid dienone is 1. The molecule has 1 fully saturated rings. The summed E-state index contributed by atoms with van der Waals surface area (Å²) in [6, 6.07) is 22.3. The van der Waals surface area contributed by atoms with Crippen LogP contribution >= 0.6 is 0 Å². The van der Waals surface area contributed by atoms with E-state index >= 15 is 0 Å². The zero-order valence-electron chi connectivity index (χ0n) is 20.1. The smallest absolute Gasteiger partial charge is 0.231 e. The molecule has 0 aliphatic carbocycles. The van der Waals surface area contributed by atoms with Gasteiger partial charge in [-0.1, -0.05) is 31.7 Å². The Kier molecular flexibility index (Phi) is 5.44. The van der Waals surface area contributed by atoms with Crippen LogP contribution in [0.1, 0.15) is 30.4 Å². The molecule has 0 spiro atoms. The molecule has 0 radical (unpaired) electrons. The van der Waals surface area contributed by atoms with Crippen LogP contribution in [0, 0.1) is 12.8 Å². The van der Waals surface area contributed by atoms with E-state index in [9.17, 15) is 4.79 Å². The normalized spacial score (nSPS) is 16.9. The third-order valence-electron chi connectivity index (χ3n) is 6.71. The highest BCUT2D eigenvalue weighted by Crippen LogP contribution is 2.42. The number of aromatic nitrogens is 3. The molecule has 1 aliphatic rings. The summed E-state index contributed by atoms with van der Waals surface area (Å²) in [5.41, 5.74) is 7.75. The Morgan fingerprint density at radius 3 is 2.24 bits per heavy atom. The number of benzene rings is 3. The number of amides is 1. The van der Waals surface area contributed by atoms with E-state index in [-0.39, 0.29) is 17.7 Å². The van der Waals surface area contributed by atoms with Crippen molar-refractivity contribution in [3.05, 3.63) is 90.1 Å². The van der Waals surface area contributed by atoms with E-state index in [2.05, 4.69) is 48.8 Å². The van der Waals surface area contributed by atoms with Crippen LogP contribution in [-0.2, 0) is 4.79 Å². The van der Waals surface area contributed by atoms with E-state index in [1.54, 1.807) is 9.70 Å². The fourth-order valence-electron chi connectivity index (χ4n) is 4.78. The van der Waals surface area contributed by atoms with Crippen LogP contribution in [0.25, 0.3) is 16.7 Å². The second-order valence-corrected chi connectivity index (χ2v) is 9.31. The van der Waals surface area contributed by atoms with E-state index in [4.69, 9.17) is 0 Å². The average Bonchev–Trinajstić information content (AvgIpc) is 3.39. The maximum atomic E-state index is 13.0. The summed E-state index contributed by atoms with van der Waals surface area (Å²) in [5, 5.41) is 9.28. The Labute approximate surface area is 200 Å². The first-order chi connectivity index (χ1) is 16.3. The molecule has 0 N–H and O–H groups in total. The molecule has 5 rings (SSSR count). The molecule has 2 heterocycles. The van der Waals surface area contributed by atoms with Gasteiger partial charge in [0.25, 0.3) is 0 Å². The van der Waals surface area contributed by atoms with Gasteiger partial charge in [0, 0.05) is 43.5 Å². The summed E-state index contributed by atoms with van der Waals surface area (Å²) in [6.07, 6.45) is 0.447. The minimum atomic E-state index is 0.0281. The number of fused-ring (bicyclic) bond motifs is 1. The molecule has 1 saturated heterocycles. The van der Waals surface area contributed by atoms with Crippen molar-refractivity contribution in [2.45, 2.75) is 26.2 Å². The summed E-state index contributed by atoms with van der Waals surface area (Å²) in [5.74, 6) is 0.235. The van der Waals surface area contributed by atoms with Crippen molar-refractivity contribution < 1.29 is 4.79 Å². The molecule has 1 aromatic heterocycles.